The van der Waals surface area contributed by atoms with Gasteiger partial charge in [-0.2, -0.15) is 0 Å². The van der Waals surface area contributed by atoms with Crippen molar-refractivity contribution < 1.29 is 0 Å². The Kier molecular flexibility index (Phi) is 17.1. The molecular formula is C14H34N2. The van der Waals surface area contributed by atoms with E-state index in [9.17, 15) is 0 Å². The van der Waals surface area contributed by atoms with E-state index >= 15 is 0 Å². The van der Waals surface area contributed by atoms with Crippen molar-refractivity contribution in [1.29, 1.82) is 0 Å². The second-order valence-electron chi connectivity index (χ2n) is 4.10. The van der Waals surface area contributed by atoms with E-state index in [4.69, 9.17) is 0 Å². The second-order valence-corrected chi connectivity index (χ2v) is 4.10. The molecule has 0 saturated carbocycles. The van der Waals surface area contributed by atoms with Crippen molar-refractivity contribution in [3.05, 3.63) is 0 Å². The predicted molar refractivity (Wildman–Crippen MR) is 76.0 cm³/mol. The third-order valence-electron chi connectivity index (χ3n) is 2.61. The molecular weight excluding hydrogens is 196 g/mol. The Bertz CT molecular complexity index is 89.3. The molecule has 0 aromatic carbocycles. The molecule has 2 heteroatoms. The van der Waals surface area contributed by atoms with E-state index in [2.05, 4.69) is 24.5 Å². The number of hydrogen-bond acceptors (Lipinski definition) is 2. The maximum atomic E-state index is 3.32. The predicted octanol–water partition coefficient (Wildman–Crippen LogP) is 3.43. The third kappa shape index (κ3) is 12.0. The van der Waals surface area contributed by atoms with Crippen LogP contribution in [0.15, 0.2) is 0 Å². The molecule has 2 nitrogen and oxygen atoms in total. The zero-order valence-corrected chi connectivity index (χ0v) is 12.4. The number of hydrogen-bond donors (Lipinski definition) is 2. The van der Waals surface area contributed by atoms with Gasteiger partial charge in [0.1, 0.15) is 0 Å². The van der Waals surface area contributed by atoms with Gasteiger partial charge in [0.2, 0.25) is 0 Å². The summed E-state index contributed by atoms with van der Waals surface area (Å²) >= 11 is 0. The number of nitrogens with one attached hydrogen (secondary N) is 2. The fourth-order valence-electron chi connectivity index (χ4n) is 1.66. The van der Waals surface area contributed by atoms with Gasteiger partial charge in [0, 0.05) is 6.04 Å². The van der Waals surface area contributed by atoms with Crippen LogP contribution in [0.1, 0.15) is 60.8 Å². The molecule has 2 aliphatic heterocycles. The van der Waals surface area contributed by atoms with Gasteiger partial charge in [0.05, 0.1) is 0 Å². The topological polar surface area (TPSA) is 24.1 Å². The zero-order valence-electron chi connectivity index (χ0n) is 12.4. The average molecular weight is 230 g/mol. The monoisotopic (exact) mass is 230 g/mol. The minimum absolute atomic E-state index is 0.796. The normalized spacial score (nSPS) is 26.6. The van der Waals surface area contributed by atoms with E-state index in [0.717, 1.165) is 12.0 Å². The third-order valence-corrected chi connectivity index (χ3v) is 2.61. The minimum atomic E-state index is 0.796. The van der Waals surface area contributed by atoms with Crippen LogP contribution >= 0.6 is 0 Å². The first kappa shape index (κ1) is 18.3. The summed E-state index contributed by atoms with van der Waals surface area (Å²) < 4.78 is 0. The summed E-state index contributed by atoms with van der Waals surface area (Å²) in [6, 6.07) is 0.796. The van der Waals surface area contributed by atoms with Crippen LogP contribution in [0.25, 0.3) is 0 Å². The Labute approximate surface area is 104 Å². The maximum absolute atomic E-state index is 3.32. The quantitative estimate of drug-likeness (QED) is 0.666. The standard InChI is InChI=1S/2C5H11N.2C2H6/c1-5-2-3-6-4-5;1-5-3-2-4-6-5;2*1-2/h2*5-6H,2-4H2,1H3;2*1-2H3. The van der Waals surface area contributed by atoms with Gasteiger partial charge in [0.15, 0.2) is 0 Å². The van der Waals surface area contributed by atoms with Crippen molar-refractivity contribution in [2.45, 2.75) is 66.8 Å². The lowest BCUT2D eigenvalue weighted by molar-refractivity contribution is 0.651. The van der Waals surface area contributed by atoms with Crippen molar-refractivity contribution in [3.8, 4) is 0 Å². The molecule has 0 spiro atoms. The molecule has 0 amide bonds. The smallest absolute Gasteiger partial charge is 0.00391 e. The molecule has 2 aliphatic rings. The summed E-state index contributed by atoms with van der Waals surface area (Å²) in [5.74, 6) is 0.935. The van der Waals surface area contributed by atoms with Crippen molar-refractivity contribution in [1.82, 2.24) is 10.6 Å². The molecule has 0 bridgehead atoms. The average Bonchev–Trinajstić information content (AvgIpc) is 2.98. The minimum Gasteiger partial charge on any atom is -0.316 e. The van der Waals surface area contributed by atoms with Crippen LogP contribution in [0.5, 0.6) is 0 Å². The van der Waals surface area contributed by atoms with Gasteiger partial charge in [-0.05, 0) is 51.7 Å². The van der Waals surface area contributed by atoms with E-state index < -0.39 is 0 Å². The second kappa shape index (κ2) is 14.9. The van der Waals surface area contributed by atoms with Gasteiger partial charge in [0.25, 0.3) is 0 Å². The van der Waals surface area contributed by atoms with Gasteiger partial charge in [-0.25, -0.2) is 0 Å². The van der Waals surface area contributed by atoms with Crippen molar-refractivity contribution in [2.24, 2.45) is 5.92 Å². The molecule has 0 aliphatic carbocycles. The summed E-state index contributed by atoms with van der Waals surface area (Å²) in [6.07, 6.45) is 4.13. The van der Waals surface area contributed by atoms with E-state index in [1.54, 1.807) is 0 Å². The number of rotatable bonds is 0. The molecule has 0 radical (unpaired) electrons. The van der Waals surface area contributed by atoms with Gasteiger partial charge < -0.3 is 10.6 Å². The largest absolute Gasteiger partial charge is 0.316 e. The molecule has 0 aromatic heterocycles. The lowest BCUT2D eigenvalue weighted by Crippen LogP contribution is -2.16. The molecule has 16 heavy (non-hydrogen) atoms. The molecule has 2 unspecified atom stereocenters. The lowest BCUT2D eigenvalue weighted by atomic mass is 10.2. The van der Waals surface area contributed by atoms with Gasteiger partial charge in [-0.3, -0.25) is 0 Å². The lowest BCUT2D eigenvalue weighted by Gasteiger charge is -1.95. The molecule has 100 valence electrons. The Hall–Kier alpha value is -0.0800. The van der Waals surface area contributed by atoms with Gasteiger partial charge in [-0.1, -0.05) is 34.6 Å². The first-order valence-electron chi connectivity index (χ1n) is 7.23. The van der Waals surface area contributed by atoms with Crippen LogP contribution in [0.2, 0.25) is 0 Å². The van der Waals surface area contributed by atoms with Crippen molar-refractivity contribution in [2.75, 3.05) is 19.6 Å². The van der Waals surface area contributed by atoms with Crippen LogP contribution in [-0.4, -0.2) is 25.7 Å². The maximum Gasteiger partial charge on any atom is 0.00391 e. The summed E-state index contributed by atoms with van der Waals surface area (Å²) in [6.45, 7) is 16.2. The summed E-state index contributed by atoms with van der Waals surface area (Å²) in [5.41, 5.74) is 0. The van der Waals surface area contributed by atoms with E-state index in [1.807, 2.05) is 27.7 Å². The highest BCUT2D eigenvalue weighted by Crippen LogP contribution is 2.03. The first-order chi connectivity index (χ1) is 7.79. The molecule has 2 N–H and O–H groups in total. The van der Waals surface area contributed by atoms with E-state index in [1.165, 1.54) is 38.9 Å². The molecule has 0 aromatic rings. The van der Waals surface area contributed by atoms with Crippen molar-refractivity contribution >= 4 is 0 Å². The van der Waals surface area contributed by atoms with Gasteiger partial charge >= 0.3 is 0 Å². The molecule has 2 heterocycles. The summed E-state index contributed by atoms with van der Waals surface area (Å²) in [5, 5.41) is 6.59. The zero-order chi connectivity index (χ0) is 12.8. The van der Waals surface area contributed by atoms with Crippen LogP contribution in [0.3, 0.4) is 0 Å². The fraction of sp³-hybridized carbons (Fsp3) is 1.00. The summed E-state index contributed by atoms with van der Waals surface area (Å²) in [7, 11) is 0. The molecule has 2 atom stereocenters. The highest BCUT2D eigenvalue weighted by Gasteiger charge is 2.06. The summed E-state index contributed by atoms with van der Waals surface area (Å²) in [4.78, 5) is 0. The Morgan fingerprint density at radius 1 is 0.875 bits per heavy atom. The Morgan fingerprint density at radius 3 is 1.62 bits per heavy atom. The fourth-order valence-corrected chi connectivity index (χ4v) is 1.66. The van der Waals surface area contributed by atoms with E-state index in [-0.39, 0.29) is 0 Å². The SMILES string of the molecule is CC.CC.CC1CCCN1.CC1CCNC1. The highest BCUT2D eigenvalue weighted by molar-refractivity contribution is 4.67. The van der Waals surface area contributed by atoms with Crippen LogP contribution in [-0.2, 0) is 0 Å². The van der Waals surface area contributed by atoms with Gasteiger partial charge in [-0.15, -0.1) is 0 Å². The molecule has 2 saturated heterocycles. The molecule has 2 rings (SSSR count). The Balaban J connectivity index is 0. The van der Waals surface area contributed by atoms with Crippen LogP contribution < -0.4 is 10.6 Å². The highest BCUT2D eigenvalue weighted by atomic mass is 14.9. The van der Waals surface area contributed by atoms with Crippen molar-refractivity contribution in [3.63, 3.8) is 0 Å². The Morgan fingerprint density at radius 2 is 1.50 bits per heavy atom. The van der Waals surface area contributed by atoms with Crippen LogP contribution in [0, 0.1) is 5.92 Å². The molecule has 2 fully saturated rings. The van der Waals surface area contributed by atoms with E-state index in [0.29, 0.717) is 0 Å². The first-order valence-corrected chi connectivity index (χ1v) is 7.23. The van der Waals surface area contributed by atoms with Crippen LogP contribution in [0.4, 0.5) is 0 Å².